The van der Waals surface area contributed by atoms with Crippen LogP contribution in [0.25, 0.3) is 0 Å². The molecule has 0 radical (unpaired) electrons. The summed E-state index contributed by atoms with van der Waals surface area (Å²) in [6.07, 6.45) is 2.07. The Morgan fingerprint density at radius 3 is 2.17 bits per heavy atom. The van der Waals surface area contributed by atoms with Crippen LogP contribution in [0.5, 0.6) is 0 Å². The van der Waals surface area contributed by atoms with Crippen molar-refractivity contribution in [3.05, 3.63) is 24.0 Å². The molecule has 9 heteroatoms. The first-order valence-electron chi connectivity index (χ1n) is 9.75. The van der Waals surface area contributed by atoms with E-state index in [0.29, 0.717) is 56.6 Å². The van der Waals surface area contributed by atoms with Crippen LogP contribution in [0.15, 0.2) is 18.2 Å². The summed E-state index contributed by atoms with van der Waals surface area (Å²) in [6, 6.07) is 4.48. The second-order valence-electron chi connectivity index (χ2n) is 6.82. The van der Waals surface area contributed by atoms with E-state index in [1.807, 2.05) is 13.8 Å². The number of nitrogens with one attached hydrogen (secondary N) is 1. The third kappa shape index (κ3) is 8.06. The number of imide groups is 1. The highest BCUT2D eigenvalue weighted by molar-refractivity contribution is 5.97. The SMILES string of the molecule is CC.Nc1ccc(N2CCC(O)(CC(=O)O)CC2)c(F)c1.O=C1CCCC(=O)N1. The molecule has 2 fully saturated rings. The lowest BCUT2D eigenvalue weighted by Crippen LogP contribution is -2.45. The minimum Gasteiger partial charge on any atom is -0.481 e. The molecule has 2 saturated heterocycles. The highest BCUT2D eigenvalue weighted by Crippen LogP contribution is 2.30. The summed E-state index contributed by atoms with van der Waals surface area (Å²) in [5, 5.41) is 21.0. The molecule has 162 valence electrons. The van der Waals surface area contributed by atoms with E-state index in [-0.39, 0.29) is 18.2 Å². The molecule has 0 bridgehead atoms. The lowest BCUT2D eigenvalue weighted by atomic mass is 9.88. The van der Waals surface area contributed by atoms with Crippen LogP contribution in [0.4, 0.5) is 15.8 Å². The molecule has 0 aromatic heterocycles. The lowest BCUT2D eigenvalue weighted by Gasteiger charge is -2.38. The van der Waals surface area contributed by atoms with Crippen LogP contribution in [0.3, 0.4) is 0 Å². The Hall–Kier alpha value is -2.68. The van der Waals surface area contributed by atoms with Crippen LogP contribution in [-0.2, 0) is 14.4 Å². The van der Waals surface area contributed by atoms with Gasteiger partial charge in [0.15, 0.2) is 0 Å². The van der Waals surface area contributed by atoms with Crippen molar-refractivity contribution in [1.29, 1.82) is 0 Å². The number of anilines is 2. The van der Waals surface area contributed by atoms with Crippen molar-refractivity contribution in [2.75, 3.05) is 23.7 Å². The molecule has 0 atom stereocenters. The third-order valence-electron chi connectivity index (χ3n) is 4.57. The van der Waals surface area contributed by atoms with E-state index < -0.39 is 17.4 Å². The fraction of sp³-hybridized carbons (Fsp3) is 0.550. The largest absolute Gasteiger partial charge is 0.481 e. The van der Waals surface area contributed by atoms with E-state index in [0.717, 1.165) is 0 Å². The number of halogens is 1. The summed E-state index contributed by atoms with van der Waals surface area (Å²) in [7, 11) is 0. The molecule has 3 rings (SSSR count). The molecule has 2 aliphatic rings. The zero-order valence-corrected chi connectivity index (χ0v) is 16.9. The van der Waals surface area contributed by atoms with Crippen molar-refractivity contribution in [3.63, 3.8) is 0 Å². The number of carboxylic acid groups (broad SMARTS) is 1. The maximum absolute atomic E-state index is 13.8. The normalized spacial score (nSPS) is 17.9. The van der Waals surface area contributed by atoms with Gasteiger partial charge in [0.1, 0.15) is 5.82 Å². The number of rotatable bonds is 3. The Labute approximate surface area is 169 Å². The van der Waals surface area contributed by atoms with Crippen LogP contribution in [0.1, 0.15) is 52.4 Å². The first-order chi connectivity index (χ1) is 13.7. The molecule has 2 aliphatic heterocycles. The predicted molar refractivity (Wildman–Crippen MR) is 108 cm³/mol. The highest BCUT2D eigenvalue weighted by atomic mass is 19.1. The van der Waals surface area contributed by atoms with Gasteiger partial charge in [-0.3, -0.25) is 19.7 Å². The smallest absolute Gasteiger partial charge is 0.306 e. The van der Waals surface area contributed by atoms with Gasteiger partial charge in [0.25, 0.3) is 0 Å². The minimum atomic E-state index is -1.19. The molecule has 0 aliphatic carbocycles. The van der Waals surface area contributed by atoms with Crippen LogP contribution < -0.4 is 16.0 Å². The van der Waals surface area contributed by atoms with Crippen molar-refractivity contribution in [2.45, 2.75) is 58.0 Å². The maximum atomic E-state index is 13.8. The number of benzene rings is 1. The molecule has 0 saturated carbocycles. The number of hydrogen-bond acceptors (Lipinski definition) is 6. The average molecular weight is 411 g/mol. The number of carbonyl (C=O) groups is 3. The van der Waals surface area contributed by atoms with Crippen LogP contribution in [0.2, 0.25) is 0 Å². The maximum Gasteiger partial charge on any atom is 0.306 e. The topological polar surface area (TPSA) is 133 Å². The number of carbonyl (C=O) groups excluding carboxylic acids is 2. The summed E-state index contributed by atoms with van der Waals surface area (Å²) >= 11 is 0. The Balaban J connectivity index is 0.000000351. The molecule has 2 heterocycles. The number of hydrogen-bond donors (Lipinski definition) is 4. The van der Waals surface area contributed by atoms with Gasteiger partial charge in [0, 0.05) is 31.6 Å². The average Bonchev–Trinajstić information content (AvgIpc) is 2.64. The standard InChI is InChI=1S/C13H17FN2O3.C5H7NO2.C2H6/c14-10-7-9(15)1-2-11(10)16-5-3-13(19,4-6-16)8-12(17)18;7-4-2-1-3-5(8)6-4;1-2/h1-2,7,19H,3-6,8,15H2,(H,17,18);1-3H2,(H,6,7,8);1-2H3. The zero-order valence-electron chi connectivity index (χ0n) is 16.9. The quantitative estimate of drug-likeness (QED) is 0.442. The summed E-state index contributed by atoms with van der Waals surface area (Å²) in [6.45, 7) is 4.84. The summed E-state index contributed by atoms with van der Waals surface area (Å²) in [5.74, 6) is -1.69. The van der Waals surface area contributed by atoms with Crippen LogP contribution in [-0.4, -0.2) is 46.7 Å². The van der Waals surface area contributed by atoms with Crippen molar-refractivity contribution in [1.82, 2.24) is 5.32 Å². The predicted octanol–water partition coefficient (Wildman–Crippen LogP) is 2.05. The molecule has 5 N–H and O–H groups in total. The molecular formula is C20H30FN3O5. The Bertz CT molecular complexity index is 704. The molecule has 1 aromatic carbocycles. The Morgan fingerprint density at radius 2 is 1.76 bits per heavy atom. The third-order valence-corrected chi connectivity index (χ3v) is 4.57. The molecule has 1 aromatic rings. The van der Waals surface area contributed by atoms with E-state index in [2.05, 4.69) is 5.32 Å². The number of piperidine rings is 2. The van der Waals surface area contributed by atoms with E-state index in [4.69, 9.17) is 10.8 Å². The summed E-state index contributed by atoms with van der Waals surface area (Å²) < 4.78 is 13.8. The number of nitrogen functional groups attached to an aromatic ring is 1. The van der Waals surface area contributed by atoms with Crippen LogP contribution >= 0.6 is 0 Å². The molecule has 8 nitrogen and oxygen atoms in total. The van der Waals surface area contributed by atoms with Gasteiger partial charge in [-0.15, -0.1) is 0 Å². The van der Waals surface area contributed by atoms with Crippen molar-refractivity contribution in [2.24, 2.45) is 0 Å². The monoisotopic (exact) mass is 411 g/mol. The Kier molecular flexibility index (Phi) is 9.54. The van der Waals surface area contributed by atoms with E-state index in [9.17, 15) is 23.9 Å². The van der Waals surface area contributed by atoms with Crippen molar-refractivity contribution < 1.29 is 29.0 Å². The van der Waals surface area contributed by atoms with Crippen molar-refractivity contribution in [3.8, 4) is 0 Å². The summed E-state index contributed by atoms with van der Waals surface area (Å²) in [5.41, 5.74) is 5.10. The molecule has 29 heavy (non-hydrogen) atoms. The fourth-order valence-electron chi connectivity index (χ4n) is 3.09. The Morgan fingerprint density at radius 1 is 1.21 bits per heavy atom. The van der Waals surface area contributed by atoms with Gasteiger partial charge in [0.2, 0.25) is 11.8 Å². The van der Waals surface area contributed by atoms with Gasteiger partial charge < -0.3 is 20.8 Å². The number of aliphatic carboxylic acids is 1. The number of nitrogens with two attached hydrogens (primary N) is 1. The zero-order chi connectivity index (χ0) is 22.0. The second-order valence-corrected chi connectivity index (χ2v) is 6.82. The van der Waals surface area contributed by atoms with Crippen LogP contribution in [0, 0.1) is 5.82 Å². The lowest BCUT2D eigenvalue weighted by molar-refractivity contribution is -0.143. The molecule has 2 amide bonds. The first kappa shape index (κ1) is 24.4. The fourth-order valence-corrected chi connectivity index (χ4v) is 3.09. The van der Waals surface area contributed by atoms with Gasteiger partial charge >= 0.3 is 5.97 Å². The number of aliphatic hydroxyl groups is 1. The molecule has 0 spiro atoms. The van der Waals surface area contributed by atoms with E-state index in [1.54, 1.807) is 17.0 Å². The van der Waals surface area contributed by atoms with E-state index in [1.165, 1.54) is 6.07 Å². The first-order valence-corrected chi connectivity index (χ1v) is 9.75. The van der Waals surface area contributed by atoms with Gasteiger partial charge in [-0.1, -0.05) is 13.8 Å². The minimum absolute atomic E-state index is 0.138. The number of nitrogens with zero attached hydrogens (tertiary/aromatic N) is 1. The number of carboxylic acids is 1. The van der Waals surface area contributed by atoms with Gasteiger partial charge in [-0.25, -0.2) is 4.39 Å². The second kappa shape index (κ2) is 11.4. The molecular weight excluding hydrogens is 381 g/mol. The van der Waals surface area contributed by atoms with E-state index >= 15 is 0 Å². The van der Waals surface area contributed by atoms with Gasteiger partial charge in [-0.2, -0.15) is 0 Å². The van der Waals surface area contributed by atoms with Crippen molar-refractivity contribution >= 4 is 29.2 Å². The highest BCUT2D eigenvalue weighted by Gasteiger charge is 2.35. The van der Waals surface area contributed by atoms with Gasteiger partial charge in [-0.05, 0) is 37.5 Å². The summed E-state index contributed by atoms with van der Waals surface area (Å²) in [4.78, 5) is 33.1. The van der Waals surface area contributed by atoms with Gasteiger partial charge in [0.05, 0.1) is 17.7 Å². The number of amides is 2. The molecule has 0 unspecified atom stereocenters.